The van der Waals surface area contributed by atoms with Crippen molar-refractivity contribution >= 4 is 11.9 Å². The maximum Gasteiger partial charge on any atom is 0.319 e. The van der Waals surface area contributed by atoms with Crippen LogP contribution in [-0.4, -0.2) is 28.6 Å². The van der Waals surface area contributed by atoms with E-state index in [2.05, 4.69) is 0 Å². The van der Waals surface area contributed by atoms with E-state index in [1.807, 2.05) is 0 Å². The molecule has 2 unspecified atom stereocenters. The molecule has 1 aliphatic carbocycles. The second kappa shape index (κ2) is 3.84. The fourth-order valence-corrected chi connectivity index (χ4v) is 1.86. The molecule has 0 saturated carbocycles. The molecule has 0 aromatic carbocycles. The Morgan fingerprint density at radius 1 is 1.31 bits per heavy atom. The van der Waals surface area contributed by atoms with Crippen molar-refractivity contribution in [3.63, 3.8) is 0 Å². The molecule has 0 aliphatic heterocycles. The normalized spacial score (nSPS) is 34.0. The van der Waals surface area contributed by atoms with Gasteiger partial charge in [-0.25, -0.2) is 8.78 Å². The first-order chi connectivity index (χ1) is 7.24. The molecule has 1 aliphatic rings. The third-order valence-electron chi connectivity index (χ3n) is 2.97. The largest absolute Gasteiger partial charge is 0.481 e. The topological polar surface area (TPSA) is 74.6 Å². The second-order valence-electron chi connectivity index (χ2n) is 4.30. The van der Waals surface area contributed by atoms with Gasteiger partial charge in [-0.1, -0.05) is 12.2 Å². The first-order valence-corrected chi connectivity index (χ1v) is 4.67. The fraction of sp³-hybridized carbons (Fsp3) is 0.600. The van der Waals surface area contributed by atoms with Gasteiger partial charge in [0.25, 0.3) is 6.43 Å². The predicted molar refractivity (Wildman–Crippen MR) is 50.2 cm³/mol. The minimum absolute atomic E-state index is 0.0596. The van der Waals surface area contributed by atoms with E-state index in [0.29, 0.717) is 0 Å². The number of halogens is 2. The minimum atomic E-state index is -3.12. The maximum atomic E-state index is 12.8. The summed E-state index contributed by atoms with van der Waals surface area (Å²) in [5, 5.41) is 17.8. The zero-order valence-corrected chi connectivity index (χ0v) is 8.61. The smallest absolute Gasteiger partial charge is 0.319 e. The first-order valence-electron chi connectivity index (χ1n) is 4.67. The van der Waals surface area contributed by atoms with Crippen LogP contribution in [0.1, 0.15) is 19.8 Å². The molecule has 0 aromatic heterocycles. The van der Waals surface area contributed by atoms with Crippen LogP contribution in [0.3, 0.4) is 0 Å². The second-order valence-corrected chi connectivity index (χ2v) is 4.30. The monoisotopic (exact) mass is 234 g/mol. The van der Waals surface area contributed by atoms with Gasteiger partial charge in [0.2, 0.25) is 0 Å². The van der Waals surface area contributed by atoms with E-state index < -0.39 is 35.6 Å². The number of hydrogen-bond donors (Lipinski definition) is 2. The van der Waals surface area contributed by atoms with Crippen LogP contribution >= 0.6 is 0 Å². The Hall–Kier alpha value is -1.46. The lowest BCUT2D eigenvalue weighted by Crippen LogP contribution is -2.45. The molecule has 6 heteroatoms. The van der Waals surface area contributed by atoms with Crippen LogP contribution in [0.15, 0.2) is 12.2 Å². The molecule has 1 rings (SSSR count). The molecule has 0 spiro atoms. The zero-order valence-electron chi connectivity index (χ0n) is 8.61. The van der Waals surface area contributed by atoms with E-state index in [1.54, 1.807) is 0 Å². The van der Waals surface area contributed by atoms with Crippen molar-refractivity contribution < 1.29 is 28.6 Å². The van der Waals surface area contributed by atoms with Gasteiger partial charge in [0.05, 0.1) is 5.41 Å². The molecule has 0 aromatic rings. The molecular formula is C10H12F2O4. The lowest BCUT2D eigenvalue weighted by atomic mass is 9.66. The van der Waals surface area contributed by atoms with Crippen molar-refractivity contribution in [1.29, 1.82) is 0 Å². The molecule has 90 valence electrons. The summed E-state index contributed by atoms with van der Waals surface area (Å²) in [6.45, 7) is 1.28. The van der Waals surface area contributed by atoms with Crippen molar-refractivity contribution in [2.75, 3.05) is 0 Å². The summed E-state index contributed by atoms with van der Waals surface area (Å²) in [5.74, 6) is -2.95. The number of hydrogen-bond acceptors (Lipinski definition) is 2. The fourth-order valence-electron chi connectivity index (χ4n) is 1.86. The summed E-state index contributed by atoms with van der Waals surface area (Å²) in [4.78, 5) is 21.8. The number of carbonyl (C=O) groups is 2. The van der Waals surface area contributed by atoms with Gasteiger partial charge in [-0.05, 0) is 19.8 Å². The average Bonchev–Trinajstić information content (AvgIpc) is 2.16. The van der Waals surface area contributed by atoms with Crippen LogP contribution in [0.2, 0.25) is 0 Å². The summed E-state index contributed by atoms with van der Waals surface area (Å²) in [7, 11) is 0. The van der Waals surface area contributed by atoms with Gasteiger partial charge >= 0.3 is 11.9 Å². The van der Waals surface area contributed by atoms with Gasteiger partial charge in [0.1, 0.15) is 5.41 Å². The highest BCUT2D eigenvalue weighted by Crippen LogP contribution is 2.46. The van der Waals surface area contributed by atoms with Gasteiger partial charge in [-0.3, -0.25) is 9.59 Å². The highest BCUT2D eigenvalue weighted by Gasteiger charge is 2.53. The third-order valence-corrected chi connectivity index (χ3v) is 2.97. The standard InChI is InChI=1S/C10H12F2O4/c1-9(7(13)14)3-2-4-10(5-9,6(11)12)8(15)16/h2,4,6H,3,5H2,1H3,(H,13,14)(H,15,16). The summed E-state index contributed by atoms with van der Waals surface area (Å²) in [6, 6.07) is 0. The van der Waals surface area contributed by atoms with Crippen LogP contribution < -0.4 is 0 Å². The zero-order chi connectivity index (χ0) is 12.6. The minimum Gasteiger partial charge on any atom is -0.481 e. The number of carboxylic acids is 2. The molecule has 0 fully saturated rings. The Morgan fingerprint density at radius 3 is 2.25 bits per heavy atom. The Balaban J connectivity index is 3.16. The van der Waals surface area contributed by atoms with E-state index in [-0.39, 0.29) is 6.42 Å². The molecule has 0 heterocycles. The molecule has 2 N–H and O–H groups in total. The van der Waals surface area contributed by atoms with Gasteiger partial charge in [-0.15, -0.1) is 0 Å². The Morgan fingerprint density at radius 2 is 1.88 bits per heavy atom. The number of alkyl halides is 2. The summed E-state index contributed by atoms with van der Waals surface area (Å²) >= 11 is 0. The molecule has 16 heavy (non-hydrogen) atoms. The van der Waals surface area contributed by atoms with Gasteiger partial charge in [0.15, 0.2) is 0 Å². The predicted octanol–water partition coefficient (Wildman–Crippen LogP) is 1.76. The van der Waals surface area contributed by atoms with Crippen molar-refractivity contribution in [2.24, 2.45) is 10.8 Å². The van der Waals surface area contributed by atoms with E-state index >= 15 is 0 Å². The molecule has 2 atom stereocenters. The van der Waals surface area contributed by atoms with Crippen LogP contribution in [-0.2, 0) is 9.59 Å². The van der Waals surface area contributed by atoms with Crippen molar-refractivity contribution in [3.8, 4) is 0 Å². The highest BCUT2D eigenvalue weighted by atomic mass is 19.3. The van der Waals surface area contributed by atoms with Crippen molar-refractivity contribution in [2.45, 2.75) is 26.2 Å². The molecule has 0 saturated heterocycles. The van der Waals surface area contributed by atoms with Crippen LogP contribution in [0.4, 0.5) is 8.78 Å². The van der Waals surface area contributed by atoms with E-state index in [4.69, 9.17) is 10.2 Å². The number of carboxylic acid groups (broad SMARTS) is 2. The number of aliphatic carboxylic acids is 2. The van der Waals surface area contributed by atoms with Crippen LogP contribution in [0.5, 0.6) is 0 Å². The lowest BCUT2D eigenvalue weighted by molar-refractivity contribution is -0.163. The Kier molecular flexibility index (Phi) is 3.03. The van der Waals surface area contributed by atoms with Crippen molar-refractivity contribution in [3.05, 3.63) is 12.2 Å². The SMILES string of the molecule is CC1(C(=O)O)CC=CC(C(=O)O)(C(F)F)C1. The third kappa shape index (κ3) is 1.79. The quantitative estimate of drug-likeness (QED) is 0.729. The molecule has 0 radical (unpaired) electrons. The number of rotatable bonds is 3. The molecule has 0 amide bonds. The number of allylic oxidation sites excluding steroid dienone is 1. The van der Waals surface area contributed by atoms with E-state index in [9.17, 15) is 18.4 Å². The van der Waals surface area contributed by atoms with Crippen LogP contribution in [0, 0.1) is 10.8 Å². The molecular weight excluding hydrogens is 222 g/mol. The summed E-state index contributed by atoms with van der Waals surface area (Å²) in [5.41, 5.74) is -3.84. The van der Waals surface area contributed by atoms with Crippen molar-refractivity contribution in [1.82, 2.24) is 0 Å². The van der Waals surface area contributed by atoms with Crippen LogP contribution in [0.25, 0.3) is 0 Å². The molecule has 4 nitrogen and oxygen atoms in total. The van der Waals surface area contributed by atoms with Gasteiger partial charge in [-0.2, -0.15) is 0 Å². The highest BCUT2D eigenvalue weighted by molar-refractivity contribution is 5.81. The Labute approximate surface area is 90.6 Å². The lowest BCUT2D eigenvalue weighted by Gasteiger charge is -2.37. The summed E-state index contributed by atoms with van der Waals surface area (Å²) in [6.07, 6.45) is -1.55. The van der Waals surface area contributed by atoms with E-state index in [0.717, 1.165) is 6.08 Å². The van der Waals surface area contributed by atoms with Gasteiger partial charge < -0.3 is 10.2 Å². The first kappa shape index (κ1) is 12.6. The van der Waals surface area contributed by atoms with E-state index in [1.165, 1.54) is 13.0 Å². The summed E-state index contributed by atoms with van der Waals surface area (Å²) < 4.78 is 25.6. The maximum absolute atomic E-state index is 12.8. The van der Waals surface area contributed by atoms with Gasteiger partial charge in [0, 0.05) is 0 Å². The average molecular weight is 234 g/mol. The Bertz CT molecular complexity index is 353. The molecule has 0 bridgehead atoms.